The fourth-order valence-corrected chi connectivity index (χ4v) is 3.33. The molecule has 2 rings (SSSR count). The molecule has 1 aromatic carbocycles. The van der Waals surface area contributed by atoms with E-state index in [1.807, 2.05) is 24.3 Å². The highest BCUT2D eigenvalue weighted by Crippen LogP contribution is 2.20. The van der Waals surface area contributed by atoms with E-state index in [1.54, 1.807) is 0 Å². The molecule has 1 N–H and O–H groups in total. The molecule has 1 saturated heterocycles. The second kappa shape index (κ2) is 8.17. The van der Waals surface area contributed by atoms with Crippen molar-refractivity contribution < 1.29 is 0 Å². The van der Waals surface area contributed by atoms with Crippen molar-refractivity contribution in [3.63, 3.8) is 0 Å². The molecule has 0 amide bonds. The number of likely N-dealkylation sites (tertiary alicyclic amines) is 1. The monoisotopic (exact) mass is 285 g/mol. The molecule has 0 bridgehead atoms. The van der Waals surface area contributed by atoms with Crippen molar-refractivity contribution in [2.75, 3.05) is 26.2 Å². The van der Waals surface area contributed by atoms with Crippen molar-refractivity contribution >= 4 is 0 Å². The number of benzene rings is 1. The molecule has 21 heavy (non-hydrogen) atoms. The van der Waals surface area contributed by atoms with Gasteiger partial charge < -0.3 is 10.2 Å². The smallest absolute Gasteiger partial charge is 0.0991 e. The Morgan fingerprint density at radius 2 is 1.86 bits per heavy atom. The molecule has 114 valence electrons. The fraction of sp³-hybridized carbons (Fsp3) is 0.611. The third-order valence-electron chi connectivity index (χ3n) is 4.18. The van der Waals surface area contributed by atoms with E-state index in [1.165, 1.54) is 38.0 Å². The summed E-state index contributed by atoms with van der Waals surface area (Å²) in [4.78, 5) is 2.61. The maximum atomic E-state index is 8.77. The van der Waals surface area contributed by atoms with E-state index in [0.29, 0.717) is 0 Å². The van der Waals surface area contributed by atoms with E-state index in [-0.39, 0.29) is 0 Å². The van der Waals surface area contributed by atoms with Crippen LogP contribution in [0.3, 0.4) is 0 Å². The zero-order valence-electron chi connectivity index (χ0n) is 13.3. The Morgan fingerprint density at radius 1 is 1.19 bits per heavy atom. The van der Waals surface area contributed by atoms with Crippen LogP contribution in [-0.4, -0.2) is 31.1 Å². The summed E-state index contributed by atoms with van der Waals surface area (Å²) in [6.07, 6.45) is 2.59. The molecule has 3 nitrogen and oxygen atoms in total. The Kier molecular flexibility index (Phi) is 6.22. The Bertz CT molecular complexity index is 450. The molecule has 0 radical (unpaired) electrons. The lowest BCUT2D eigenvalue weighted by Gasteiger charge is -2.34. The lowest BCUT2D eigenvalue weighted by atomic mass is 9.92. The summed E-state index contributed by atoms with van der Waals surface area (Å²) in [5.74, 6) is 1.70. The average Bonchev–Trinajstić information content (AvgIpc) is 2.46. The SMILES string of the molecule is CC1CC(C)CN(CCCNCc2ccc(C#N)cc2)C1. The van der Waals surface area contributed by atoms with Crippen LogP contribution in [0.1, 0.15) is 37.8 Å². The summed E-state index contributed by atoms with van der Waals surface area (Å²) in [6.45, 7) is 10.4. The van der Waals surface area contributed by atoms with Gasteiger partial charge in [0.25, 0.3) is 0 Å². The van der Waals surface area contributed by atoms with Crippen LogP contribution >= 0.6 is 0 Å². The van der Waals surface area contributed by atoms with Gasteiger partial charge in [-0.1, -0.05) is 26.0 Å². The molecule has 1 fully saturated rings. The Labute approximate surface area is 129 Å². The molecule has 0 spiro atoms. The summed E-state index contributed by atoms with van der Waals surface area (Å²) in [7, 11) is 0. The number of rotatable bonds is 6. The number of hydrogen-bond acceptors (Lipinski definition) is 3. The van der Waals surface area contributed by atoms with Gasteiger partial charge in [0.05, 0.1) is 11.6 Å². The van der Waals surface area contributed by atoms with Crippen LogP contribution in [0.2, 0.25) is 0 Å². The lowest BCUT2D eigenvalue weighted by Crippen LogP contribution is -2.39. The summed E-state index contributed by atoms with van der Waals surface area (Å²) in [6, 6.07) is 9.97. The predicted octanol–water partition coefficient (Wildman–Crippen LogP) is 3.02. The third-order valence-corrected chi connectivity index (χ3v) is 4.18. The van der Waals surface area contributed by atoms with Crippen LogP contribution in [0.15, 0.2) is 24.3 Å². The molecule has 1 heterocycles. The molecule has 0 aliphatic carbocycles. The van der Waals surface area contributed by atoms with Crippen molar-refractivity contribution in [2.24, 2.45) is 11.8 Å². The minimum atomic E-state index is 0.729. The maximum Gasteiger partial charge on any atom is 0.0991 e. The molecule has 1 aliphatic rings. The van der Waals surface area contributed by atoms with Gasteiger partial charge in [0, 0.05) is 19.6 Å². The third kappa shape index (κ3) is 5.49. The van der Waals surface area contributed by atoms with Crippen molar-refractivity contribution in [3.05, 3.63) is 35.4 Å². The molecule has 3 heteroatoms. The first-order valence-electron chi connectivity index (χ1n) is 8.09. The van der Waals surface area contributed by atoms with Gasteiger partial charge >= 0.3 is 0 Å². The first-order valence-corrected chi connectivity index (χ1v) is 8.09. The number of piperidine rings is 1. The molecule has 0 aromatic heterocycles. The van der Waals surface area contributed by atoms with Gasteiger partial charge in [-0.05, 0) is 55.5 Å². The molecule has 2 unspecified atom stereocenters. The van der Waals surface area contributed by atoms with Crippen LogP contribution < -0.4 is 5.32 Å². The van der Waals surface area contributed by atoms with Gasteiger partial charge in [0.2, 0.25) is 0 Å². The first kappa shape index (κ1) is 16.0. The van der Waals surface area contributed by atoms with Crippen molar-refractivity contribution in [1.82, 2.24) is 10.2 Å². The van der Waals surface area contributed by atoms with E-state index in [0.717, 1.165) is 30.5 Å². The Morgan fingerprint density at radius 3 is 2.48 bits per heavy atom. The number of nitriles is 1. The van der Waals surface area contributed by atoms with Gasteiger partial charge in [-0.25, -0.2) is 0 Å². The van der Waals surface area contributed by atoms with Crippen LogP contribution in [0.25, 0.3) is 0 Å². The number of nitrogens with one attached hydrogen (secondary N) is 1. The lowest BCUT2D eigenvalue weighted by molar-refractivity contribution is 0.139. The van der Waals surface area contributed by atoms with Crippen molar-refractivity contribution in [1.29, 1.82) is 5.26 Å². The molecule has 1 aliphatic heterocycles. The molecular formula is C18H27N3. The van der Waals surface area contributed by atoms with E-state index >= 15 is 0 Å². The fourth-order valence-electron chi connectivity index (χ4n) is 3.33. The van der Waals surface area contributed by atoms with Crippen LogP contribution in [0.4, 0.5) is 0 Å². The van der Waals surface area contributed by atoms with Crippen LogP contribution in [0, 0.1) is 23.2 Å². The summed E-state index contributed by atoms with van der Waals surface area (Å²) in [5, 5.41) is 12.3. The second-order valence-electron chi connectivity index (χ2n) is 6.54. The molecular weight excluding hydrogens is 258 g/mol. The van der Waals surface area contributed by atoms with Gasteiger partial charge in [-0.3, -0.25) is 0 Å². The zero-order chi connectivity index (χ0) is 15.1. The quantitative estimate of drug-likeness (QED) is 0.817. The minimum Gasteiger partial charge on any atom is -0.313 e. The maximum absolute atomic E-state index is 8.77. The van der Waals surface area contributed by atoms with E-state index in [9.17, 15) is 0 Å². The zero-order valence-corrected chi connectivity index (χ0v) is 13.3. The topological polar surface area (TPSA) is 39.1 Å². The van der Waals surface area contributed by atoms with Crippen molar-refractivity contribution in [2.45, 2.75) is 33.2 Å². The molecule has 2 atom stereocenters. The predicted molar refractivity (Wildman–Crippen MR) is 86.9 cm³/mol. The minimum absolute atomic E-state index is 0.729. The van der Waals surface area contributed by atoms with Crippen LogP contribution in [-0.2, 0) is 6.54 Å². The standard InChI is InChI=1S/C18H27N3/c1-15-10-16(2)14-21(13-15)9-3-8-20-12-18-6-4-17(11-19)5-7-18/h4-7,15-16,20H,3,8-10,12-14H2,1-2H3. The highest BCUT2D eigenvalue weighted by atomic mass is 15.1. The summed E-state index contributed by atoms with van der Waals surface area (Å²) in [5.41, 5.74) is 1.97. The van der Waals surface area contributed by atoms with Gasteiger partial charge in [-0.2, -0.15) is 5.26 Å². The molecule has 0 saturated carbocycles. The first-order chi connectivity index (χ1) is 10.2. The largest absolute Gasteiger partial charge is 0.313 e. The van der Waals surface area contributed by atoms with E-state index in [2.05, 4.69) is 30.1 Å². The summed E-state index contributed by atoms with van der Waals surface area (Å²) >= 11 is 0. The Hall–Kier alpha value is -1.37. The van der Waals surface area contributed by atoms with E-state index < -0.39 is 0 Å². The normalized spacial score (nSPS) is 22.9. The van der Waals surface area contributed by atoms with Gasteiger partial charge in [0.1, 0.15) is 0 Å². The van der Waals surface area contributed by atoms with Crippen LogP contribution in [0.5, 0.6) is 0 Å². The van der Waals surface area contributed by atoms with Crippen molar-refractivity contribution in [3.8, 4) is 6.07 Å². The highest BCUT2D eigenvalue weighted by Gasteiger charge is 2.20. The highest BCUT2D eigenvalue weighted by molar-refractivity contribution is 5.31. The second-order valence-corrected chi connectivity index (χ2v) is 6.54. The van der Waals surface area contributed by atoms with E-state index in [4.69, 9.17) is 5.26 Å². The number of hydrogen-bond donors (Lipinski definition) is 1. The summed E-state index contributed by atoms with van der Waals surface area (Å²) < 4.78 is 0. The molecule has 1 aromatic rings. The van der Waals surface area contributed by atoms with Gasteiger partial charge in [0.15, 0.2) is 0 Å². The van der Waals surface area contributed by atoms with Gasteiger partial charge in [-0.15, -0.1) is 0 Å². The number of nitrogens with zero attached hydrogens (tertiary/aromatic N) is 2. The Balaban J connectivity index is 1.60. The average molecular weight is 285 g/mol.